The zero-order valence-electron chi connectivity index (χ0n) is 5.52. The number of amides is 1. The molecule has 0 aliphatic carbocycles. The molecule has 9 heavy (non-hydrogen) atoms. The summed E-state index contributed by atoms with van der Waals surface area (Å²) in [5.41, 5.74) is 0. The van der Waals surface area contributed by atoms with Gasteiger partial charge in [0, 0.05) is 13.2 Å². The molecular weight excluding hydrogens is 118 g/mol. The Morgan fingerprint density at radius 2 is 2.56 bits per heavy atom. The van der Waals surface area contributed by atoms with E-state index in [1.807, 2.05) is 0 Å². The molecule has 1 aliphatic rings. The van der Waals surface area contributed by atoms with Gasteiger partial charge in [-0.15, -0.1) is 0 Å². The van der Waals surface area contributed by atoms with Crippen molar-refractivity contribution in [3.63, 3.8) is 0 Å². The lowest BCUT2D eigenvalue weighted by Crippen LogP contribution is -2.31. The molecule has 1 aliphatic heterocycles. The molecule has 52 valence electrons. The highest BCUT2D eigenvalue weighted by Crippen LogP contribution is 1.96. The van der Waals surface area contributed by atoms with Crippen LogP contribution in [0, 0.1) is 0 Å². The summed E-state index contributed by atoms with van der Waals surface area (Å²) in [7, 11) is 0. The Labute approximate surface area is 54.4 Å². The second-order valence-corrected chi connectivity index (χ2v) is 2.16. The summed E-state index contributed by atoms with van der Waals surface area (Å²) in [5, 5.41) is 2.73. The maximum Gasteiger partial charge on any atom is 0.248 e. The molecule has 0 aromatic heterocycles. The molecule has 1 rings (SSSR count). The topological polar surface area (TPSA) is 38.3 Å². The zero-order valence-corrected chi connectivity index (χ0v) is 5.52. The minimum absolute atomic E-state index is 0.00694. The summed E-state index contributed by atoms with van der Waals surface area (Å²) in [6.45, 7) is 3.21. The molecule has 3 nitrogen and oxygen atoms in total. The van der Waals surface area contributed by atoms with Gasteiger partial charge < -0.3 is 10.1 Å². The van der Waals surface area contributed by atoms with Crippen LogP contribution in [0.15, 0.2) is 0 Å². The van der Waals surface area contributed by atoms with Gasteiger partial charge >= 0.3 is 0 Å². The van der Waals surface area contributed by atoms with Crippen LogP contribution in [-0.2, 0) is 9.53 Å². The first-order chi connectivity index (χ1) is 4.30. The standard InChI is InChI=1S/C6H11NO2/c1-5-6(8)7-3-2-4-9-5/h5H,2-4H2,1H3,(H,7,8). The van der Waals surface area contributed by atoms with Gasteiger partial charge in [0.25, 0.3) is 0 Å². The molecule has 3 heteroatoms. The highest BCUT2D eigenvalue weighted by molar-refractivity contribution is 5.80. The third-order valence-corrected chi connectivity index (χ3v) is 1.36. The molecule has 0 spiro atoms. The van der Waals surface area contributed by atoms with Gasteiger partial charge in [0.15, 0.2) is 0 Å². The van der Waals surface area contributed by atoms with Gasteiger partial charge in [-0.1, -0.05) is 0 Å². The second-order valence-electron chi connectivity index (χ2n) is 2.16. The molecule has 0 aromatic rings. The maximum atomic E-state index is 10.8. The lowest BCUT2D eigenvalue weighted by molar-refractivity contribution is -0.129. The lowest BCUT2D eigenvalue weighted by Gasteiger charge is -2.05. The molecule has 1 atom stereocenters. The van der Waals surface area contributed by atoms with E-state index in [2.05, 4.69) is 5.32 Å². The first-order valence-electron chi connectivity index (χ1n) is 3.20. The minimum Gasteiger partial charge on any atom is -0.369 e. The number of carbonyl (C=O) groups excluding carboxylic acids is 1. The monoisotopic (exact) mass is 129 g/mol. The fourth-order valence-corrected chi connectivity index (χ4v) is 0.763. The highest BCUT2D eigenvalue weighted by Gasteiger charge is 2.14. The lowest BCUT2D eigenvalue weighted by atomic mass is 10.4. The minimum atomic E-state index is -0.257. The summed E-state index contributed by atoms with van der Waals surface area (Å²) in [6, 6.07) is 0. The molecule has 0 saturated carbocycles. The van der Waals surface area contributed by atoms with Gasteiger partial charge in [-0.2, -0.15) is 0 Å². The fourth-order valence-electron chi connectivity index (χ4n) is 0.763. The highest BCUT2D eigenvalue weighted by atomic mass is 16.5. The number of ether oxygens (including phenoxy) is 1. The zero-order chi connectivity index (χ0) is 6.69. The van der Waals surface area contributed by atoms with Crippen LogP contribution in [0.2, 0.25) is 0 Å². The summed E-state index contributed by atoms with van der Waals surface area (Å²) in [4.78, 5) is 10.8. The Balaban J connectivity index is 2.41. The SMILES string of the molecule is CC1OCCCNC1=O. The van der Waals surface area contributed by atoms with Crippen LogP contribution < -0.4 is 5.32 Å². The molecule has 1 unspecified atom stereocenters. The van der Waals surface area contributed by atoms with E-state index in [4.69, 9.17) is 4.74 Å². The smallest absolute Gasteiger partial charge is 0.248 e. The Morgan fingerprint density at radius 1 is 1.78 bits per heavy atom. The Hall–Kier alpha value is -0.570. The first-order valence-corrected chi connectivity index (χ1v) is 3.20. The van der Waals surface area contributed by atoms with Crippen molar-refractivity contribution in [3.05, 3.63) is 0 Å². The van der Waals surface area contributed by atoms with Crippen LogP contribution >= 0.6 is 0 Å². The van der Waals surface area contributed by atoms with Crippen molar-refractivity contribution < 1.29 is 9.53 Å². The van der Waals surface area contributed by atoms with Crippen LogP contribution in [0.5, 0.6) is 0 Å². The van der Waals surface area contributed by atoms with Crippen LogP contribution in [0.25, 0.3) is 0 Å². The molecule has 1 amide bonds. The summed E-state index contributed by atoms with van der Waals surface area (Å²) >= 11 is 0. The Morgan fingerprint density at radius 3 is 3.33 bits per heavy atom. The van der Waals surface area contributed by atoms with Gasteiger partial charge in [0.1, 0.15) is 6.10 Å². The van der Waals surface area contributed by atoms with E-state index in [-0.39, 0.29) is 12.0 Å². The first kappa shape index (κ1) is 6.55. The number of nitrogens with one attached hydrogen (secondary N) is 1. The van der Waals surface area contributed by atoms with E-state index < -0.39 is 0 Å². The molecular formula is C6H11NO2. The van der Waals surface area contributed by atoms with Gasteiger partial charge in [-0.25, -0.2) is 0 Å². The quantitative estimate of drug-likeness (QED) is 0.496. The third kappa shape index (κ3) is 1.68. The predicted molar refractivity (Wildman–Crippen MR) is 33.0 cm³/mol. The number of hydrogen-bond donors (Lipinski definition) is 1. The average Bonchev–Trinajstić information content (AvgIpc) is 1.99. The second kappa shape index (κ2) is 2.82. The summed E-state index contributed by atoms with van der Waals surface area (Å²) in [5.74, 6) is 0.00694. The molecule has 0 radical (unpaired) electrons. The Bertz CT molecular complexity index is 114. The van der Waals surface area contributed by atoms with Gasteiger partial charge in [0.2, 0.25) is 5.91 Å². The van der Waals surface area contributed by atoms with E-state index in [0.717, 1.165) is 13.0 Å². The normalized spacial score (nSPS) is 29.0. The summed E-state index contributed by atoms with van der Waals surface area (Å²) < 4.78 is 5.10. The van der Waals surface area contributed by atoms with Crippen molar-refractivity contribution in [2.24, 2.45) is 0 Å². The summed E-state index contributed by atoms with van der Waals surface area (Å²) in [6.07, 6.45) is 0.670. The maximum absolute atomic E-state index is 10.8. The van der Waals surface area contributed by atoms with E-state index in [9.17, 15) is 4.79 Å². The Kier molecular flexibility index (Phi) is 2.05. The van der Waals surface area contributed by atoms with Crippen LogP contribution in [0.4, 0.5) is 0 Å². The molecule has 1 N–H and O–H groups in total. The van der Waals surface area contributed by atoms with E-state index in [0.29, 0.717) is 6.61 Å². The van der Waals surface area contributed by atoms with Crippen molar-refractivity contribution in [2.45, 2.75) is 19.4 Å². The van der Waals surface area contributed by atoms with Gasteiger partial charge in [-0.3, -0.25) is 4.79 Å². The number of carbonyl (C=O) groups is 1. The van der Waals surface area contributed by atoms with E-state index in [1.54, 1.807) is 6.92 Å². The average molecular weight is 129 g/mol. The molecule has 0 bridgehead atoms. The predicted octanol–water partition coefficient (Wildman–Crippen LogP) is -0.0886. The van der Waals surface area contributed by atoms with Gasteiger partial charge in [0.05, 0.1) is 0 Å². The number of hydrogen-bond acceptors (Lipinski definition) is 2. The van der Waals surface area contributed by atoms with Crippen molar-refractivity contribution in [3.8, 4) is 0 Å². The molecule has 1 saturated heterocycles. The van der Waals surface area contributed by atoms with Gasteiger partial charge in [-0.05, 0) is 13.3 Å². The third-order valence-electron chi connectivity index (χ3n) is 1.36. The van der Waals surface area contributed by atoms with Crippen LogP contribution in [-0.4, -0.2) is 25.2 Å². The largest absolute Gasteiger partial charge is 0.369 e. The molecule has 1 fully saturated rings. The molecule has 1 heterocycles. The van der Waals surface area contributed by atoms with Crippen molar-refractivity contribution in [1.29, 1.82) is 0 Å². The number of rotatable bonds is 0. The van der Waals surface area contributed by atoms with Crippen molar-refractivity contribution >= 4 is 5.91 Å². The van der Waals surface area contributed by atoms with Crippen LogP contribution in [0.3, 0.4) is 0 Å². The van der Waals surface area contributed by atoms with Crippen molar-refractivity contribution in [2.75, 3.05) is 13.2 Å². The van der Waals surface area contributed by atoms with E-state index >= 15 is 0 Å². The molecule has 0 aromatic carbocycles. The fraction of sp³-hybridized carbons (Fsp3) is 0.833. The van der Waals surface area contributed by atoms with Crippen molar-refractivity contribution in [1.82, 2.24) is 5.32 Å². The van der Waals surface area contributed by atoms with E-state index in [1.165, 1.54) is 0 Å². The van der Waals surface area contributed by atoms with Crippen LogP contribution in [0.1, 0.15) is 13.3 Å².